The van der Waals surface area contributed by atoms with E-state index in [0.29, 0.717) is 23.5 Å². The first kappa shape index (κ1) is 29.2. The van der Waals surface area contributed by atoms with Crippen LogP contribution in [0.1, 0.15) is 77.3 Å². The molecule has 1 amide bonds. The maximum absolute atomic E-state index is 12.7. The molecule has 0 heterocycles. The summed E-state index contributed by atoms with van der Waals surface area (Å²) in [6.07, 6.45) is 3.53. The summed E-state index contributed by atoms with van der Waals surface area (Å²) in [4.78, 5) is 27.0. The molecule has 36 heavy (non-hydrogen) atoms. The van der Waals surface area contributed by atoms with Gasteiger partial charge in [-0.15, -0.1) is 0 Å². The van der Waals surface area contributed by atoms with Crippen LogP contribution in [0.3, 0.4) is 0 Å². The molecule has 0 spiro atoms. The van der Waals surface area contributed by atoms with E-state index in [9.17, 15) is 18.4 Å². The molecule has 0 bridgehead atoms. The number of hydrogen-bond acceptors (Lipinski definition) is 4. The number of carbonyl (C=O) groups excluding carboxylic acids is 2. The molecule has 2 aromatic rings. The predicted octanol–water partition coefficient (Wildman–Crippen LogP) is 4.20. The third kappa shape index (κ3) is 8.55. The largest absolute Gasteiger partial charge is 0.395 e. The number of halogens is 2. The van der Waals surface area contributed by atoms with E-state index in [1.165, 1.54) is 24.3 Å². The Bertz CT molecular complexity index is 1120. The Labute approximate surface area is 212 Å². The zero-order valence-corrected chi connectivity index (χ0v) is 21.5. The summed E-state index contributed by atoms with van der Waals surface area (Å²) in [6, 6.07) is 9.16. The Hall–Kier alpha value is -3.06. The van der Waals surface area contributed by atoms with Crippen molar-refractivity contribution in [2.75, 3.05) is 26.7 Å². The molecule has 0 radical (unpaired) electrons. The van der Waals surface area contributed by atoms with Crippen LogP contribution in [0.25, 0.3) is 12.8 Å². The number of carbonyl (C=O) groups is 2. The van der Waals surface area contributed by atoms with Gasteiger partial charge in [-0.3, -0.25) is 9.59 Å². The van der Waals surface area contributed by atoms with Crippen LogP contribution in [0.2, 0.25) is 0 Å². The average molecular weight is 501 g/mol. The average Bonchev–Trinajstić information content (AvgIpc) is 2.85. The molecular formula is C29H38F2N2O3. The molecule has 196 valence electrons. The number of amides is 1. The van der Waals surface area contributed by atoms with Crippen LogP contribution in [-0.4, -0.2) is 48.4 Å². The zero-order chi connectivity index (χ0) is 26.7. The molecule has 2 aromatic carbocycles. The molecule has 2 N–H and O–H groups in total. The first-order valence-corrected chi connectivity index (χ1v) is 12.5. The van der Waals surface area contributed by atoms with E-state index >= 15 is 0 Å². The molecule has 0 saturated heterocycles. The van der Waals surface area contributed by atoms with E-state index in [-0.39, 0.29) is 30.4 Å². The Balaban J connectivity index is 2.03. The Kier molecular flexibility index (Phi) is 11.7. The predicted molar refractivity (Wildman–Crippen MR) is 140 cm³/mol. The summed E-state index contributed by atoms with van der Waals surface area (Å²) in [5, 5.41) is 13.4. The lowest BCUT2D eigenvalue weighted by molar-refractivity contribution is 0.0942. The summed E-state index contributed by atoms with van der Waals surface area (Å²) in [5.74, 6) is 0.130. The van der Waals surface area contributed by atoms with Gasteiger partial charge in [0.2, 0.25) is 0 Å². The highest BCUT2D eigenvalue weighted by molar-refractivity contribution is 5.96. The van der Waals surface area contributed by atoms with Crippen LogP contribution < -0.4 is 15.8 Å². The van der Waals surface area contributed by atoms with E-state index < -0.39 is 6.43 Å². The molecule has 0 aliphatic rings. The smallest absolute Gasteiger partial charge is 0.263 e. The number of aliphatic hydroxyl groups excluding tert-OH is 1. The minimum absolute atomic E-state index is 0.0282. The summed E-state index contributed by atoms with van der Waals surface area (Å²) < 4.78 is 25.5. The zero-order valence-electron chi connectivity index (χ0n) is 21.5. The van der Waals surface area contributed by atoms with Crippen molar-refractivity contribution in [1.82, 2.24) is 10.2 Å². The van der Waals surface area contributed by atoms with Crippen LogP contribution >= 0.6 is 0 Å². The number of ketones is 1. The lowest BCUT2D eigenvalue weighted by atomic mass is 9.94. The van der Waals surface area contributed by atoms with Crippen LogP contribution in [0.15, 0.2) is 36.4 Å². The van der Waals surface area contributed by atoms with Crippen molar-refractivity contribution in [2.24, 2.45) is 5.92 Å². The van der Waals surface area contributed by atoms with Gasteiger partial charge in [-0.1, -0.05) is 50.3 Å². The molecule has 0 aliphatic carbocycles. The topological polar surface area (TPSA) is 69.6 Å². The van der Waals surface area contributed by atoms with Crippen LogP contribution in [0.5, 0.6) is 0 Å². The van der Waals surface area contributed by atoms with Gasteiger partial charge >= 0.3 is 0 Å². The second kappa shape index (κ2) is 14.5. The fourth-order valence-corrected chi connectivity index (χ4v) is 4.40. The molecule has 7 heteroatoms. The standard InChI is InChI=1S/C29H38F2N2O3/c1-5-7-22(8-6-9-27(35)23-11-13-24(14-12-23)28(30)31)18-33(4)19-26-20(2)10-15-25(21(26)3)29(36)32-16-17-34/h10-15,19,22,28,34H,2,5-9,16-18H2,1,3-4H3,(H,32,36)/b26-19+. The second-order valence-electron chi connectivity index (χ2n) is 9.25. The lowest BCUT2D eigenvalue weighted by Crippen LogP contribution is -2.35. The molecular weight excluding hydrogens is 462 g/mol. The normalized spacial score (nSPS) is 12.6. The van der Waals surface area contributed by atoms with Gasteiger partial charge < -0.3 is 15.3 Å². The fraction of sp³-hybridized carbons (Fsp3) is 0.448. The molecule has 0 aliphatic heterocycles. The molecule has 0 aromatic heterocycles. The number of alkyl halides is 2. The third-order valence-electron chi connectivity index (χ3n) is 6.34. The van der Waals surface area contributed by atoms with Gasteiger partial charge in [0, 0.05) is 54.7 Å². The molecule has 0 fully saturated rings. The SMILES string of the molecule is C=c1ccc(C(=O)NCCO)c(C)/c1=C/N(C)CC(CCC)CCCC(=O)c1ccc(C(F)F)cc1. The third-order valence-corrected chi connectivity index (χ3v) is 6.34. The van der Waals surface area contributed by atoms with Crippen LogP contribution in [0.4, 0.5) is 8.78 Å². The molecule has 1 atom stereocenters. The summed E-state index contributed by atoms with van der Waals surface area (Å²) in [7, 11) is 2.00. The van der Waals surface area contributed by atoms with E-state index in [1.807, 2.05) is 26.2 Å². The van der Waals surface area contributed by atoms with E-state index in [2.05, 4.69) is 23.7 Å². The Morgan fingerprint density at radius 2 is 1.83 bits per heavy atom. The monoisotopic (exact) mass is 500 g/mol. The number of nitrogens with one attached hydrogen (secondary N) is 1. The number of hydrogen-bond donors (Lipinski definition) is 2. The minimum Gasteiger partial charge on any atom is -0.395 e. The molecule has 0 saturated carbocycles. The highest BCUT2D eigenvalue weighted by Crippen LogP contribution is 2.21. The van der Waals surface area contributed by atoms with Crippen LogP contribution in [-0.2, 0) is 0 Å². The summed E-state index contributed by atoms with van der Waals surface area (Å²) >= 11 is 0. The number of aliphatic hydroxyl groups is 1. The van der Waals surface area contributed by atoms with E-state index in [0.717, 1.165) is 48.2 Å². The summed E-state index contributed by atoms with van der Waals surface area (Å²) in [5.41, 5.74) is 1.78. The van der Waals surface area contributed by atoms with Gasteiger partial charge in [-0.25, -0.2) is 8.78 Å². The Morgan fingerprint density at radius 1 is 1.14 bits per heavy atom. The van der Waals surface area contributed by atoms with Gasteiger partial charge in [0.05, 0.1) is 6.61 Å². The van der Waals surface area contributed by atoms with Crippen molar-refractivity contribution in [2.45, 2.75) is 52.4 Å². The maximum atomic E-state index is 12.7. The van der Waals surface area contributed by atoms with Crippen molar-refractivity contribution in [3.63, 3.8) is 0 Å². The van der Waals surface area contributed by atoms with Gasteiger partial charge in [0.1, 0.15) is 0 Å². The second-order valence-corrected chi connectivity index (χ2v) is 9.25. The highest BCUT2D eigenvalue weighted by Gasteiger charge is 2.14. The van der Waals surface area contributed by atoms with E-state index in [1.54, 1.807) is 6.07 Å². The fourth-order valence-electron chi connectivity index (χ4n) is 4.40. The van der Waals surface area contributed by atoms with Crippen LogP contribution in [0, 0.1) is 12.8 Å². The van der Waals surface area contributed by atoms with Crippen molar-refractivity contribution in [1.29, 1.82) is 0 Å². The van der Waals surface area contributed by atoms with E-state index in [4.69, 9.17) is 5.11 Å². The van der Waals surface area contributed by atoms with Crippen molar-refractivity contribution >= 4 is 24.5 Å². The quantitative estimate of drug-likeness (QED) is 0.382. The number of Topliss-reactive ketones (excluding diaryl/α,β-unsaturated/α-hetero) is 1. The molecule has 1 unspecified atom stereocenters. The number of nitrogens with zero attached hydrogens (tertiary/aromatic N) is 1. The van der Waals surface area contributed by atoms with Gasteiger partial charge in [-0.05, 0) is 49.0 Å². The van der Waals surface area contributed by atoms with Crippen molar-refractivity contribution in [3.05, 3.63) is 69.1 Å². The first-order valence-electron chi connectivity index (χ1n) is 12.5. The first-order chi connectivity index (χ1) is 17.2. The highest BCUT2D eigenvalue weighted by atomic mass is 19.3. The number of benzene rings is 2. The van der Waals surface area contributed by atoms with Gasteiger partial charge in [-0.2, -0.15) is 0 Å². The molecule has 2 rings (SSSR count). The number of rotatable bonds is 14. The summed E-state index contributed by atoms with van der Waals surface area (Å²) in [6.45, 7) is 9.03. The van der Waals surface area contributed by atoms with Crippen molar-refractivity contribution in [3.8, 4) is 0 Å². The maximum Gasteiger partial charge on any atom is 0.263 e. The van der Waals surface area contributed by atoms with Gasteiger partial charge in [0.25, 0.3) is 12.3 Å². The van der Waals surface area contributed by atoms with Gasteiger partial charge in [0.15, 0.2) is 5.78 Å². The Morgan fingerprint density at radius 3 is 2.44 bits per heavy atom. The lowest BCUT2D eigenvalue weighted by Gasteiger charge is -2.23. The molecule has 5 nitrogen and oxygen atoms in total. The van der Waals surface area contributed by atoms with Crippen molar-refractivity contribution < 1.29 is 23.5 Å². The minimum atomic E-state index is -2.54.